The van der Waals surface area contributed by atoms with Crippen LogP contribution < -0.4 is 5.32 Å². The number of hydrogen-bond acceptors (Lipinski definition) is 3. The lowest BCUT2D eigenvalue weighted by Crippen LogP contribution is -2.19. The van der Waals surface area contributed by atoms with E-state index in [1.54, 1.807) is 0 Å². The molecule has 0 radical (unpaired) electrons. The molecule has 2 heterocycles. The van der Waals surface area contributed by atoms with Crippen LogP contribution in [0.1, 0.15) is 24.9 Å². The third kappa shape index (κ3) is 2.89. The first-order valence-electron chi connectivity index (χ1n) is 6.09. The van der Waals surface area contributed by atoms with Crippen molar-refractivity contribution in [2.75, 3.05) is 5.32 Å². The van der Waals surface area contributed by atoms with Crippen LogP contribution in [0.3, 0.4) is 0 Å². The SMILES string of the molecule is C[C@H]1CC(Nc2cc(Cl)ccc2Cl)c2ccsc2S1. The van der Waals surface area contributed by atoms with Crippen LogP contribution in [0.5, 0.6) is 0 Å². The van der Waals surface area contributed by atoms with Gasteiger partial charge in [0, 0.05) is 10.3 Å². The Bertz CT molecular complexity index is 597. The van der Waals surface area contributed by atoms with Gasteiger partial charge in [-0.05, 0) is 41.6 Å². The van der Waals surface area contributed by atoms with E-state index < -0.39 is 0 Å². The zero-order valence-corrected chi connectivity index (χ0v) is 13.5. The number of benzene rings is 1. The highest BCUT2D eigenvalue weighted by Crippen LogP contribution is 2.45. The number of thioether (sulfide) groups is 1. The molecule has 100 valence electrons. The number of anilines is 1. The van der Waals surface area contributed by atoms with Crippen molar-refractivity contribution in [2.45, 2.75) is 28.8 Å². The van der Waals surface area contributed by atoms with Gasteiger partial charge in [0.1, 0.15) is 0 Å². The Kier molecular flexibility index (Phi) is 3.99. The zero-order valence-electron chi connectivity index (χ0n) is 10.3. The minimum Gasteiger partial charge on any atom is -0.377 e. The molecule has 19 heavy (non-hydrogen) atoms. The Morgan fingerprint density at radius 3 is 2.95 bits per heavy atom. The molecule has 1 aromatic heterocycles. The van der Waals surface area contributed by atoms with Crippen LogP contribution >= 0.6 is 46.3 Å². The van der Waals surface area contributed by atoms with Crippen molar-refractivity contribution >= 4 is 52.0 Å². The van der Waals surface area contributed by atoms with Crippen LogP contribution in [0.4, 0.5) is 5.69 Å². The van der Waals surface area contributed by atoms with Crippen molar-refractivity contribution in [3.05, 3.63) is 45.3 Å². The van der Waals surface area contributed by atoms with Gasteiger partial charge in [-0.1, -0.05) is 30.1 Å². The minimum absolute atomic E-state index is 0.313. The Labute approximate surface area is 131 Å². The van der Waals surface area contributed by atoms with Gasteiger partial charge in [-0.15, -0.1) is 23.1 Å². The maximum atomic E-state index is 6.23. The van der Waals surface area contributed by atoms with Gasteiger partial charge in [0.05, 0.1) is 21.0 Å². The molecule has 0 aliphatic carbocycles. The molecule has 1 aromatic carbocycles. The summed E-state index contributed by atoms with van der Waals surface area (Å²) in [6, 6.07) is 8.05. The molecule has 3 rings (SSSR count). The molecule has 5 heteroatoms. The molecule has 2 aromatic rings. The van der Waals surface area contributed by atoms with E-state index in [2.05, 4.69) is 23.7 Å². The summed E-state index contributed by atoms with van der Waals surface area (Å²) >= 11 is 16.0. The molecule has 1 nitrogen and oxygen atoms in total. The van der Waals surface area contributed by atoms with E-state index >= 15 is 0 Å². The highest BCUT2D eigenvalue weighted by molar-refractivity contribution is 8.01. The van der Waals surface area contributed by atoms with E-state index in [0.29, 0.717) is 21.3 Å². The fraction of sp³-hybridized carbons (Fsp3) is 0.286. The van der Waals surface area contributed by atoms with Crippen LogP contribution in [-0.2, 0) is 0 Å². The average Bonchev–Trinajstić information content (AvgIpc) is 2.82. The second kappa shape index (κ2) is 5.57. The highest BCUT2D eigenvalue weighted by atomic mass is 35.5. The minimum atomic E-state index is 0.313. The summed E-state index contributed by atoms with van der Waals surface area (Å²) in [6.45, 7) is 2.27. The van der Waals surface area contributed by atoms with Crippen molar-refractivity contribution in [1.29, 1.82) is 0 Å². The molecule has 0 saturated carbocycles. The van der Waals surface area contributed by atoms with Crippen LogP contribution in [0.15, 0.2) is 33.9 Å². The Hall–Kier alpha value is -0.350. The van der Waals surface area contributed by atoms with Gasteiger partial charge in [-0.3, -0.25) is 0 Å². The first kappa shape index (κ1) is 13.6. The number of fused-ring (bicyclic) bond motifs is 1. The highest BCUT2D eigenvalue weighted by Gasteiger charge is 2.26. The van der Waals surface area contributed by atoms with Crippen molar-refractivity contribution in [2.24, 2.45) is 0 Å². The third-order valence-corrected chi connectivity index (χ3v) is 6.08. The number of halogens is 2. The van der Waals surface area contributed by atoms with Crippen LogP contribution in [0.25, 0.3) is 0 Å². The van der Waals surface area contributed by atoms with E-state index in [1.807, 2.05) is 41.3 Å². The summed E-state index contributed by atoms with van der Waals surface area (Å²) in [5.41, 5.74) is 2.29. The maximum Gasteiger partial charge on any atom is 0.0653 e. The van der Waals surface area contributed by atoms with Gasteiger partial charge in [0.25, 0.3) is 0 Å². The molecule has 0 saturated heterocycles. The van der Waals surface area contributed by atoms with Crippen molar-refractivity contribution in [3.8, 4) is 0 Å². The normalized spacial score (nSPS) is 22.1. The molecule has 1 aliphatic rings. The first-order chi connectivity index (χ1) is 9.13. The quantitative estimate of drug-likeness (QED) is 0.715. The Morgan fingerprint density at radius 1 is 1.26 bits per heavy atom. The second-order valence-electron chi connectivity index (χ2n) is 4.65. The summed E-state index contributed by atoms with van der Waals surface area (Å²) in [6.07, 6.45) is 1.09. The molecule has 0 fully saturated rings. The van der Waals surface area contributed by atoms with Crippen molar-refractivity contribution in [1.82, 2.24) is 0 Å². The monoisotopic (exact) mass is 329 g/mol. The van der Waals surface area contributed by atoms with E-state index in [0.717, 1.165) is 12.1 Å². The molecular formula is C14H13Cl2NS2. The summed E-state index contributed by atoms with van der Waals surface area (Å²) < 4.78 is 1.41. The van der Waals surface area contributed by atoms with Gasteiger partial charge < -0.3 is 5.32 Å². The average molecular weight is 330 g/mol. The fourth-order valence-corrected chi connectivity index (χ4v) is 5.19. The predicted molar refractivity (Wildman–Crippen MR) is 87.1 cm³/mol. The summed E-state index contributed by atoms with van der Waals surface area (Å²) in [7, 11) is 0. The molecule has 2 atom stereocenters. The standard InChI is InChI=1S/C14H13Cl2NS2/c1-8-6-12(10-4-5-18-14(10)19-8)17-13-7-9(15)2-3-11(13)16/h2-5,7-8,12,17H,6H2,1H3/t8-,12?/m0/s1. The van der Waals surface area contributed by atoms with Gasteiger partial charge in [-0.25, -0.2) is 0 Å². The van der Waals surface area contributed by atoms with Gasteiger partial charge in [0.15, 0.2) is 0 Å². The summed E-state index contributed by atoms with van der Waals surface area (Å²) in [4.78, 5) is 0. The van der Waals surface area contributed by atoms with E-state index in [1.165, 1.54) is 9.77 Å². The van der Waals surface area contributed by atoms with Crippen LogP contribution in [0.2, 0.25) is 10.0 Å². The van der Waals surface area contributed by atoms with Gasteiger partial charge in [-0.2, -0.15) is 0 Å². The summed E-state index contributed by atoms with van der Waals surface area (Å²) in [5, 5.41) is 7.73. The molecule has 0 bridgehead atoms. The zero-order chi connectivity index (χ0) is 13.4. The van der Waals surface area contributed by atoms with Gasteiger partial charge in [0.2, 0.25) is 0 Å². The molecule has 1 aliphatic heterocycles. The molecule has 0 amide bonds. The maximum absolute atomic E-state index is 6.23. The Morgan fingerprint density at radius 2 is 2.11 bits per heavy atom. The van der Waals surface area contributed by atoms with E-state index in [9.17, 15) is 0 Å². The van der Waals surface area contributed by atoms with Crippen LogP contribution in [-0.4, -0.2) is 5.25 Å². The molecular weight excluding hydrogens is 317 g/mol. The van der Waals surface area contributed by atoms with Crippen molar-refractivity contribution in [3.63, 3.8) is 0 Å². The van der Waals surface area contributed by atoms with Crippen molar-refractivity contribution < 1.29 is 0 Å². The lowest BCUT2D eigenvalue weighted by Gasteiger charge is -2.28. The smallest absolute Gasteiger partial charge is 0.0653 e. The molecule has 1 N–H and O–H groups in total. The van der Waals surface area contributed by atoms with Gasteiger partial charge >= 0.3 is 0 Å². The topological polar surface area (TPSA) is 12.0 Å². The number of hydrogen-bond donors (Lipinski definition) is 1. The lowest BCUT2D eigenvalue weighted by atomic mass is 10.0. The Balaban J connectivity index is 1.90. The molecule has 1 unspecified atom stereocenters. The predicted octanol–water partition coefficient (Wildman–Crippen LogP) is 6.09. The second-order valence-corrected chi connectivity index (χ2v) is 8.12. The first-order valence-corrected chi connectivity index (χ1v) is 8.60. The summed E-state index contributed by atoms with van der Waals surface area (Å²) in [5.74, 6) is 0. The fourth-order valence-electron chi connectivity index (χ4n) is 2.28. The third-order valence-electron chi connectivity index (χ3n) is 3.17. The van der Waals surface area contributed by atoms with E-state index in [-0.39, 0.29) is 0 Å². The number of thiophene rings is 1. The van der Waals surface area contributed by atoms with Crippen LogP contribution in [0, 0.1) is 0 Å². The molecule has 0 spiro atoms. The largest absolute Gasteiger partial charge is 0.377 e. The number of rotatable bonds is 2. The van der Waals surface area contributed by atoms with E-state index in [4.69, 9.17) is 23.2 Å². The lowest BCUT2D eigenvalue weighted by molar-refractivity contribution is 0.670. The number of nitrogens with one attached hydrogen (secondary N) is 1.